The zero-order valence-corrected chi connectivity index (χ0v) is 11.2. The van der Waals surface area contributed by atoms with Crippen LogP contribution >= 0.6 is 0 Å². The molecule has 1 aromatic carbocycles. The van der Waals surface area contributed by atoms with Crippen molar-refractivity contribution in [2.24, 2.45) is 5.73 Å². The normalized spacial score (nSPS) is 18.6. The molecule has 3 heteroatoms. The fraction of sp³-hybridized carbons (Fsp3) is 0.571. The smallest absolute Gasteiger partial charge is 0.122 e. The van der Waals surface area contributed by atoms with Gasteiger partial charge in [0.15, 0.2) is 0 Å². The third-order valence-electron chi connectivity index (χ3n) is 3.90. The first kappa shape index (κ1) is 12.2. The van der Waals surface area contributed by atoms with Crippen LogP contribution in [0.15, 0.2) is 18.2 Å². The van der Waals surface area contributed by atoms with E-state index in [9.17, 15) is 0 Å². The summed E-state index contributed by atoms with van der Waals surface area (Å²) >= 11 is 0. The molecule has 1 fully saturated rings. The van der Waals surface area contributed by atoms with E-state index in [1.165, 1.54) is 11.3 Å². The fourth-order valence-corrected chi connectivity index (χ4v) is 2.47. The number of hydrogen-bond donors (Lipinski definition) is 1. The van der Waals surface area contributed by atoms with Gasteiger partial charge in [-0.3, -0.25) is 0 Å². The van der Waals surface area contributed by atoms with E-state index in [0.29, 0.717) is 0 Å². The van der Waals surface area contributed by atoms with Gasteiger partial charge in [-0.25, -0.2) is 0 Å². The highest BCUT2D eigenvalue weighted by Gasteiger charge is 2.49. The highest BCUT2D eigenvalue weighted by Crippen LogP contribution is 2.53. The third-order valence-corrected chi connectivity index (χ3v) is 3.90. The Morgan fingerprint density at radius 2 is 2.00 bits per heavy atom. The highest BCUT2D eigenvalue weighted by molar-refractivity contribution is 5.56. The van der Waals surface area contributed by atoms with Crippen LogP contribution in [0.4, 0.5) is 5.69 Å². The molecule has 0 radical (unpaired) electrons. The Labute approximate surface area is 104 Å². The van der Waals surface area contributed by atoms with Gasteiger partial charge in [0.05, 0.1) is 7.11 Å². The molecule has 2 rings (SSSR count). The third kappa shape index (κ3) is 2.00. The Hall–Kier alpha value is -1.22. The Bertz CT molecular complexity index is 409. The second-order valence-corrected chi connectivity index (χ2v) is 5.22. The van der Waals surface area contributed by atoms with Crippen molar-refractivity contribution in [3.05, 3.63) is 23.8 Å². The molecule has 17 heavy (non-hydrogen) atoms. The van der Waals surface area contributed by atoms with Gasteiger partial charge < -0.3 is 15.4 Å². The van der Waals surface area contributed by atoms with Crippen LogP contribution in [0.3, 0.4) is 0 Å². The van der Waals surface area contributed by atoms with E-state index in [0.717, 1.165) is 18.6 Å². The Balaban J connectivity index is 2.47. The van der Waals surface area contributed by atoms with Gasteiger partial charge in [-0.05, 0) is 38.0 Å². The number of ether oxygens (including phenoxy) is 1. The van der Waals surface area contributed by atoms with Gasteiger partial charge >= 0.3 is 0 Å². The lowest BCUT2D eigenvalue weighted by atomic mass is 9.88. The Kier molecular flexibility index (Phi) is 3.04. The van der Waals surface area contributed by atoms with Gasteiger partial charge in [-0.15, -0.1) is 0 Å². The van der Waals surface area contributed by atoms with E-state index in [4.69, 9.17) is 10.5 Å². The largest absolute Gasteiger partial charge is 0.496 e. The maximum Gasteiger partial charge on any atom is 0.122 e. The summed E-state index contributed by atoms with van der Waals surface area (Å²) in [6.07, 6.45) is 2.33. The van der Waals surface area contributed by atoms with E-state index >= 15 is 0 Å². The predicted octanol–water partition coefficient (Wildman–Crippen LogP) is 2.14. The molecule has 1 unspecified atom stereocenters. The van der Waals surface area contributed by atoms with Gasteiger partial charge in [-0.2, -0.15) is 0 Å². The second kappa shape index (κ2) is 4.22. The summed E-state index contributed by atoms with van der Waals surface area (Å²) in [5.74, 6) is 0.963. The molecule has 2 N–H and O–H groups in total. The average molecular weight is 234 g/mol. The molecule has 94 valence electrons. The van der Waals surface area contributed by atoms with Gasteiger partial charge in [0, 0.05) is 36.8 Å². The van der Waals surface area contributed by atoms with Crippen molar-refractivity contribution >= 4 is 5.69 Å². The van der Waals surface area contributed by atoms with Gasteiger partial charge in [-0.1, -0.05) is 0 Å². The molecule has 1 aromatic rings. The number of methoxy groups -OCH3 is 1. The monoisotopic (exact) mass is 234 g/mol. The number of anilines is 1. The van der Waals surface area contributed by atoms with Crippen LogP contribution in [0.2, 0.25) is 0 Å². The summed E-state index contributed by atoms with van der Waals surface area (Å²) in [7, 11) is 5.83. The van der Waals surface area contributed by atoms with Crippen LogP contribution in [0, 0.1) is 0 Å². The van der Waals surface area contributed by atoms with Crippen LogP contribution in [0.1, 0.15) is 25.3 Å². The molecule has 0 amide bonds. The van der Waals surface area contributed by atoms with Crippen LogP contribution in [-0.4, -0.2) is 27.2 Å². The standard InChI is InChI=1S/C14H22N2O/c1-10(15)14(7-8-14)12-9-11(16(2)3)5-6-13(12)17-4/h5-6,9-10H,7-8,15H2,1-4H3. The van der Waals surface area contributed by atoms with E-state index in [2.05, 4.69) is 38.1 Å². The Morgan fingerprint density at radius 1 is 1.35 bits per heavy atom. The molecule has 0 heterocycles. The summed E-state index contributed by atoms with van der Waals surface area (Å²) in [6.45, 7) is 2.09. The molecule has 0 saturated heterocycles. The van der Waals surface area contributed by atoms with Crippen molar-refractivity contribution in [3.8, 4) is 5.75 Å². The first-order valence-corrected chi connectivity index (χ1v) is 6.12. The zero-order chi connectivity index (χ0) is 12.6. The summed E-state index contributed by atoms with van der Waals surface area (Å²) in [5.41, 5.74) is 8.75. The number of rotatable bonds is 4. The van der Waals surface area contributed by atoms with E-state index in [1.54, 1.807) is 7.11 Å². The van der Waals surface area contributed by atoms with Crippen molar-refractivity contribution < 1.29 is 4.74 Å². The zero-order valence-electron chi connectivity index (χ0n) is 11.2. The summed E-state index contributed by atoms with van der Waals surface area (Å²) < 4.78 is 5.48. The minimum absolute atomic E-state index is 0.136. The maximum absolute atomic E-state index is 6.15. The molecule has 0 aliphatic heterocycles. The lowest BCUT2D eigenvalue weighted by molar-refractivity contribution is 0.398. The molecular weight excluding hydrogens is 212 g/mol. The molecule has 3 nitrogen and oxygen atoms in total. The van der Waals surface area contributed by atoms with Crippen molar-refractivity contribution in [1.82, 2.24) is 0 Å². The van der Waals surface area contributed by atoms with Crippen LogP contribution in [0.5, 0.6) is 5.75 Å². The van der Waals surface area contributed by atoms with E-state index < -0.39 is 0 Å². The maximum atomic E-state index is 6.15. The second-order valence-electron chi connectivity index (χ2n) is 5.22. The predicted molar refractivity (Wildman–Crippen MR) is 71.9 cm³/mol. The van der Waals surface area contributed by atoms with E-state index in [1.807, 2.05) is 6.07 Å². The molecule has 0 aromatic heterocycles. The number of hydrogen-bond acceptors (Lipinski definition) is 3. The molecule has 1 saturated carbocycles. The molecular formula is C14H22N2O. The Morgan fingerprint density at radius 3 is 2.41 bits per heavy atom. The molecule has 1 aliphatic rings. The van der Waals surface area contributed by atoms with Crippen LogP contribution < -0.4 is 15.4 Å². The van der Waals surface area contributed by atoms with Crippen molar-refractivity contribution in [2.75, 3.05) is 26.1 Å². The van der Waals surface area contributed by atoms with Crippen molar-refractivity contribution in [1.29, 1.82) is 0 Å². The molecule has 0 spiro atoms. The average Bonchev–Trinajstić information content (AvgIpc) is 3.09. The van der Waals surface area contributed by atoms with Crippen LogP contribution in [0.25, 0.3) is 0 Å². The number of benzene rings is 1. The topological polar surface area (TPSA) is 38.5 Å². The quantitative estimate of drug-likeness (QED) is 0.867. The summed E-state index contributed by atoms with van der Waals surface area (Å²) in [6, 6.07) is 6.52. The van der Waals surface area contributed by atoms with Gasteiger partial charge in [0.1, 0.15) is 5.75 Å². The first-order valence-electron chi connectivity index (χ1n) is 6.12. The lowest BCUT2D eigenvalue weighted by Gasteiger charge is -2.24. The number of nitrogens with zero attached hydrogens (tertiary/aromatic N) is 1. The van der Waals surface area contributed by atoms with Crippen LogP contribution in [-0.2, 0) is 5.41 Å². The van der Waals surface area contributed by atoms with Crippen molar-refractivity contribution in [3.63, 3.8) is 0 Å². The lowest BCUT2D eigenvalue weighted by Crippen LogP contribution is -2.32. The molecule has 1 aliphatic carbocycles. The SMILES string of the molecule is COc1ccc(N(C)C)cc1C1(C(C)N)CC1. The van der Waals surface area contributed by atoms with Gasteiger partial charge in [0.25, 0.3) is 0 Å². The minimum atomic E-state index is 0.136. The summed E-state index contributed by atoms with van der Waals surface area (Å²) in [5, 5.41) is 0. The molecule has 1 atom stereocenters. The first-order chi connectivity index (χ1) is 8.01. The fourth-order valence-electron chi connectivity index (χ4n) is 2.47. The minimum Gasteiger partial charge on any atom is -0.496 e. The summed E-state index contributed by atoms with van der Waals surface area (Å²) in [4.78, 5) is 2.11. The molecule has 0 bridgehead atoms. The highest BCUT2D eigenvalue weighted by atomic mass is 16.5. The van der Waals surface area contributed by atoms with E-state index in [-0.39, 0.29) is 11.5 Å². The van der Waals surface area contributed by atoms with Crippen molar-refractivity contribution in [2.45, 2.75) is 31.2 Å². The van der Waals surface area contributed by atoms with Gasteiger partial charge in [0.2, 0.25) is 0 Å². The number of nitrogens with two attached hydrogens (primary N) is 1.